The molecular weight excluding hydrogens is 237 g/mol. The van der Waals surface area contributed by atoms with Gasteiger partial charge in [0.05, 0.1) is 12.7 Å². The predicted octanol–water partition coefficient (Wildman–Crippen LogP) is 1.97. The van der Waals surface area contributed by atoms with Crippen LogP contribution in [-0.2, 0) is 4.74 Å². The number of carbonyl (C=O) groups excluding carboxylic acids is 1. The maximum absolute atomic E-state index is 13.4. The summed E-state index contributed by atoms with van der Waals surface area (Å²) in [6.45, 7) is 0. The van der Waals surface area contributed by atoms with Gasteiger partial charge in [-0.1, -0.05) is 6.07 Å². The number of ether oxygens (including phenoxy) is 1. The lowest BCUT2D eigenvalue weighted by molar-refractivity contribution is 0.0595. The number of hydrogen-bond acceptors (Lipinski definition) is 3. The summed E-state index contributed by atoms with van der Waals surface area (Å²) in [4.78, 5) is 24.8. The lowest BCUT2D eigenvalue weighted by Gasteiger charge is -2.05. The molecule has 0 saturated heterocycles. The molecule has 0 amide bonds. The SMILES string of the molecule is COC(=O)c1cc(-c2ccc(=O)[nH]c2)ccc1F. The summed E-state index contributed by atoms with van der Waals surface area (Å²) in [6.07, 6.45) is 1.50. The molecule has 1 aromatic heterocycles. The molecule has 0 saturated carbocycles. The quantitative estimate of drug-likeness (QED) is 0.825. The van der Waals surface area contributed by atoms with Crippen LogP contribution in [0.1, 0.15) is 10.4 Å². The number of pyridine rings is 1. The Balaban J connectivity index is 2.50. The van der Waals surface area contributed by atoms with Crippen molar-refractivity contribution in [3.63, 3.8) is 0 Å². The molecule has 0 aliphatic heterocycles. The molecule has 0 spiro atoms. The zero-order valence-corrected chi connectivity index (χ0v) is 9.57. The second-order valence-electron chi connectivity index (χ2n) is 3.63. The first kappa shape index (κ1) is 12.0. The van der Waals surface area contributed by atoms with E-state index in [2.05, 4.69) is 9.72 Å². The van der Waals surface area contributed by atoms with E-state index in [-0.39, 0.29) is 11.1 Å². The van der Waals surface area contributed by atoms with Gasteiger partial charge in [0.15, 0.2) is 0 Å². The topological polar surface area (TPSA) is 59.2 Å². The lowest BCUT2D eigenvalue weighted by Crippen LogP contribution is -2.05. The molecular formula is C13H10FNO3. The van der Waals surface area contributed by atoms with Crippen LogP contribution in [0.4, 0.5) is 4.39 Å². The van der Waals surface area contributed by atoms with Crippen molar-refractivity contribution < 1.29 is 13.9 Å². The van der Waals surface area contributed by atoms with Crippen molar-refractivity contribution in [2.24, 2.45) is 0 Å². The fourth-order valence-electron chi connectivity index (χ4n) is 1.56. The normalized spacial score (nSPS) is 10.1. The Hall–Kier alpha value is -2.43. The highest BCUT2D eigenvalue weighted by Gasteiger charge is 2.13. The van der Waals surface area contributed by atoms with Gasteiger partial charge in [-0.15, -0.1) is 0 Å². The Morgan fingerprint density at radius 3 is 2.56 bits per heavy atom. The van der Waals surface area contributed by atoms with Gasteiger partial charge in [-0.25, -0.2) is 9.18 Å². The molecule has 0 aliphatic rings. The first-order valence-corrected chi connectivity index (χ1v) is 5.19. The second-order valence-corrected chi connectivity index (χ2v) is 3.63. The van der Waals surface area contributed by atoms with Crippen molar-refractivity contribution in [3.05, 3.63) is 58.3 Å². The van der Waals surface area contributed by atoms with Crippen LogP contribution in [0, 0.1) is 5.82 Å². The van der Waals surface area contributed by atoms with Crippen LogP contribution in [0.2, 0.25) is 0 Å². The van der Waals surface area contributed by atoms with Crippen LogP contribution >= 0.6 is 0 Å². The van der Waals surface area contributed by atoms with Gasteiger partial charge in [-0.2, -0.15) is 0 Å². The number of rotatable bonds is 2. The van der Waals surface area contributed by atoms with Crippen molar-refractivity contribution in [2.45, 2.75) is 0 Å². The van der Waals surface area contributed by atoms with Crippen molar-refractivity contribution >= 4 is 5.97 Å². The zero-order valence-electron chi connectivity index (χ0n) is 9.57. The Kier molecular flexibility index (Phi) is 3.23. The summed E-state index contributed by atoms with van der Waals surface area (Å²) in [5, 5.41) is 0. The molecule has 0 bridgehead atoms. The average molecular weight is 247 g/mol. The number of halogens is 1. The molecule has 5 heteroatoms. The van der Waals surface area contributed by atoms with Crippen LogP contribution < -0.4 is 5.56 Å². The van der Waals surface area contributed by atoms with Crippen molar-refractivity contribution in [1.29, 1.82) is 0 Å². The van der Waals surface area contributed by atoms with E-state index < -0.39 is 11.8 Å². The number of methoxy groups -OCH3 is 1. The van der Waals surface area contributed by atoms with E-state index in [4.69, 9.17) is 0 Å². The summed E-state index contributed by atoms with van der Waals surface area (Å²) in [6, 6.07) is 7.04. The molecule has 0 aliphatic carbocycles. The molecule has 18 heavy (non-hydrogen) atoms. The minimum absolute atomic E-state index is 0.138. The maximum Gasteiger partial charge on any atom is 0.340 e. The summed E-state index contributed by atoms with van der Waals surface area (Å²) in [7, 11) is 1.19. The smallest absolute Gasteiger partial charge is 0.340 e. The van der Waals surface area contributed by atoms with E-state index in [0.717, 1.165) is 0 Å². The Morgan fingerprint density at radius 1 is 1.22 bits per heavy atom. The van der Waals surface area contributed by atoms with Crippen LogP contribution in [0.3, 0.4) is 0 Å². The van der Waals surface area contributed by atoms with Gasteiger partial charge in [-0.05, 0) is 29.3 Å². The molecule has 2 rings (SSSR count). The highest BCUT2D eigenvalue weighted by Crippen LogP contribution is 2.21. The second kappa shape index (κ2) is 4.83. The third-order valence-electron chi connectivity index (χ3n) is 2.49. The number of hydrogen-bond donors (Lipinski definition) is 1. The fraction of sp³-hybridized carbons (Fsp3) is 0.0769. The van der Waals surface area contributed by atoms with Gasteiger partial charge in [0.2, 0.25) is 5.56 Å². The average Bonchev–Trinajstić information content (AvgIpc) is 2.39. The third-order valence-corrected chi connectivity index (χ3v) is 2.49. The van der Waals surface area contributed by atoms with Crippen LogP contribution in [0.25, 0.3) is 11.1 Å². The number of esters is 1. The van der Waals surface area contributed by atoms with Crippen LogP contribution in [0.15, 0.2) is 41.3 Å². The standard InChI is InChI=1S/C13H10FNO3/c1-18-13(17)10-6-8(2-4-11(10)14)9-3-5-12(16)15-7-9/h2-7H,1H3,(H,15,16). The maximum atomic E-state index is 13.4. The number of nitrogens with one attached hydrogen (secondary N) is 1. The third kappa shape index (κ3) is 2.29. The monoisotopic (exact) mass is 247 g/mol. The van der Waals surface area contributed by atoms with Gasteiger partial charge in [0.25, 0.3) is 0 Å². The summed E-state index contributed by atoms with van der Waals surface area (Å²) in [5.74, 6) is -1.38. The Bertz CT molecular complexity index is 628. The molecule has 0 atom stereocenters. The number of carbonyl (C=O) groups is 1. The van der Waals surface area contributed by atoms with Gasteiger partial charge < -0.3 is 9.72 Å². The van der Waals surface area contributed by atoms with Crippen molar-refractivity contribution in [3.8, 4) is 11.1 Å². The summed E-state index contributed by atoms with van der Waals surface area (Å²) < 4.78 is 17.9. The molecule has 92 valence electrons. The van der Waals surface area contributed by atoms with Crippen LogP contribution in [0.5, 0.6) is 0 Å². The first-order chi connectivity index (χ1) is 8.61. The zero-order chi connectivity index (χ0) is 13.1. The highest BCUT2D eigenvalue weighted by molar-refractivity contribution is 5.91. The molecule has 0 unspecified atom stereocenters. The Labute approximate surface area is 102 Å². The molecule has 0 fully saturated rings. The minimum Gasteiger partial charge on any atom is -0.465 e. The predicted molar refractivity (Wildman–Crippen MR) is 63.8 cm³/mol. The first-order valence-electron chi connectivity index (χ1n) is 5.19. The number of benzene rings is 1. The van der Waals surface area contributed by atoms with E-state index in [0.29, 0.717) is 11.1 Å². The van der Waals surface area contributed by atoms with E-state index in [1.54, 1.807) is 6.07 Å². The number of H-pyrrole nitrogens is 1. The lowest BCUT2D eigenvalue weighted by atomic mass is 10.0. The fourth-order valence-corrected chi connectivity index (χ4v) is 1.56. The van der Waals surface area contributed by atoms with Crippen molar-refractivity contribution in [2.75, 3.05) is 7.11 Å². The molecule has 4 nitrogen and oxygen atoms in total. The summed E-state index contributed by atoms with van der Waals surface area (Å²) in [5.41, 5.74) is 0.933. The minimum atomic E-state index is -0.737. The van der Waals surface area contributed by atoms with Gasteiger partial charge in [0, 0.05) is 12.3 Å². The molecule has 1 N–H and O–H groups in total. The number of aromatic amines is 1. The van der Waals surface area contributed by atoms with E-state index in [1.807, 2.05) is 0 Å². The molecule has 1 aromatic carbocycles. The van der Waals surface area contributed by atoms with Crippen molar-refractivity contribution in [1.82, 2.24) is 4.98 Å². The van der Waals surface area contributed by atoms with E-state index >= 15 is 0 Å². The highest BCUT2D eigenvalue weighted by atomic mass is 19.1. The Morgan fingerprint density at radius 2 is 1.94 bits per heavy atom. The molecule has 0 radical (unpaired) electrons. The molecule has 1 heterocycles. The molecule has 2 aromatic rings. The van der Waals surface area contributed by atoms with Gasteiger partial charge in [0.1, 0.15) is 5.82 Å². The summed E-state index contributed by atoms with van der Waals surface area (Å²) >= 11 is 0. The van der Waals surface area contributed by atoms with E-state index in [9.17, 15) is 14.0 Å². The van der Waals surface area contributed by atoms with Gasteiger partial charge in [-0.3, -0.25) is 4.79 Å². The van der Waals surface area contributed by atoms with Gasteiger partial charge >= 0.3 is 5.97 Å². The van der Waals surface area contributed by atoms with E-state index in [1.165, 1.54) is 37.6 Å². The number of aromatic nitrogens is 1. The largest absolute Gasteiger partial charge is 0.465 e. The van der Waals surface area contributed by atoms with Crippen LogP contribution in [-0.4, -0.2) is 18.1 Å².